The minimum atomic E-state index is 0.518. The molecule has 3 rings (SSSR count). The van der Waals surface area contributed by atoms with Crippen LogP contribution in [-0.4, -0.2) is 11.5 Å². The van der Waals surface area contributed by atoms with Gasteiger partial charge in [0.25, 0.3) is 0 Å². The molecule has 2 aromatic carbocycles. The molecule has 106 valence electrons. The van der Waals surface area contributed by atoms with Crippen molar-refractivity contribution in [3.05, 3.63) is 72.1 Å². The highest BCUT2D eigenvalue weighted by molar-refractivity contribution is 5.87. The van der Waals surface area contributed by atoms with E-state index in [9.17, 15) is 0 Å². The molecule has 0 aliphatic rings. The van der Waals surface area contributed by atoms with Crippen molar-refractivity contribution < 1.29 is 4.74 Å². The van der Waals surface area contributed by atoms with E-state index in [4.69, 9.17) is 10.5 Å². The Balaban J connectivity index is 1.92. The number of benzene rings is 2. The third kappa shape index (κ3) is 3.03. The van der Waals surface area contributed by atoms with Crippen molar-refractivity contribution in [1.29, 1.82) is 0 Å². The van der Waals surface area contributed by atoms with Crippen LogP contribution in [0, 0.1) is 0 Å². The van der Waals surface area contributed by atoms with Crippen LogP contribution in [0.25, 0.3) is 10.8 Å². The largest absolute Gasteiger partial charge is 0.489 e. The standard InChI is InChI=1S/C18H18N2O/c19-10-9-17-16-6-2-1-5-15(16)7-8-18(17)21-13-14-4-3-11-20-12-14/h1-8,11-12H,9-10,13,19H2. The van der Waals surface area contributed by atoms with Gasteiger partial charge in [0.05, 0.1) is 0 Å². The maximum absolute atomic E-state index is 5.99. The molecule has 0 unspecified atom stereocenters. The Morgan fingerprint density at radius 3 is 2.71 bits per heavy atom. The lowest BCUT2D eigenvalue weighted by Crippen LogP contribution is -2.06. The van der Waals surface area contributed by atoms with Crippen LogP contribution >= 0.6 is 0 Å². The van der Waals surface area contributed by atoms with Crippen molar-refractivity contribution in [2.75, 3.05) is 6.54 Å². The molecule has 1 heterocycles. The van der Waals surface area contributed by atoms with Gasteiger partial charge in [-0.1, -0.05) is 36.4 Å². The van der Waals surface area contributed by atoms with E-state index in [2.05, 4.69) is 23.2 Å². The summed E-state index contributed by atoms with van der Waals surface area (Å²) in [5.41, 5.74) is 8.00. The van der Waals surface area contributed by atoms with Gasteiger partial charge in [-0.05, 0) is 35.9 Å². The highest BCUT2D eigenvalue weighted by atomic mass is 16.5. The van der Waals surface area contributed by atoms with Crippen LogP contribution < -0.4 is 10.5 Å². The Morgan fingerprint density at radius 2 is 1.90 bits per heavy atom. The zero-order chi connectivity index (χ0) is 14.5. The third-order valence-electron chi connectivity index (χ3n) is 3.51. The van der Waals surface area contributed by atoms with E-state index >= 15 is 0 Å². The van der Waals surface area contributed by atoms with Crippen LogP contribution in [0.5, 0.6) is 5.75 Å². The fraction of sp³-hybridized carbons (Fsp3) is 0.167. The first-order valence-electron chi connectivity index (χ1n) is 7.11. The molecule has 0 atom stereocenters. The summed E-state index contributed by atoms with van der Waals surface area (Å²) < 4.78 is 5.99. The molecule has 0 aliphatic carbocycles. The molecule has 21 heavy (non-hydrogen) atoms. The summed E-state index contributed by atoms with van der Waals surface area (Å²) in [6.07, 6.45) is 4.40. The van der Waals surface area contributed by atoms with E-state index in [1.165, 1.54) is 16.3 Å². The predicted octanol–water partition coefficient (Wildman–Crippen LogP) is 3.32. The lowest BCUT2D eigenvalue weighted by atomic mass is 10.0. The number of hydrogen-bond acceptors (Lipinski definition) is 3. The zero-order valence-electron chi connectivity index (χ0n) is 11.8. The summed E-state index contributed by atoms with van der Waals surface area (Å²) in [4.78, 5) is 4.11. The van der Waals surface area contributed by atoms with Crippen LogP contribution in [0.15, 0.2) is 60.9 Å². The minimum Gasteiger partial charge on any atom is -0.489 e. The van der Waals surface area contributed by atoms with E-state index in [1.54, 1.807) is 6.20 Å². The number of rotatable bonds is 5. The summed E-state index contributed by atoms with van der Waals surface area (Å²) in [7, 11) is 0. The van der Waals surface area contributed by atoms with Gasteiger partial charge in [0.2, 0.25) is 0 Å². The first-order chi connectivity index (χ1) is 10.4. The van der Waals surface area contributed by atoms with Crippen molar-refractivity contribution in [2.24, 2.45) is 5.73 Å². The van der Waals surface area contributed by atoms with Gasteiger partial charge in [0.15, 0.2) is 0 Å². The Kier molecular flexibility index (Phi) is 4.12. The van der Waals surface area contributed by atoms with Crippen LogP contribution in [0.4, 0.5) is 0 Å². The number of fused-ring (bicyclic) bond motifs is 1. The predicted molar refractivity (Wildman–Crippen MR) is 85.3 cm³/mol. The lowest BCUT2D eigenvalue weighted by molar-refractivity contribution is 0.303. The summed E-state index contributed by atoms with van der Waals surface area (Å²) in [6.45, 7) is 1.13. The van der Waals surface area contributed by atoms with Crippen molar-refractivity contribution in [3.63, 3.8) is 0 Å². The summed E-state index contributed by atoms with van der Waals surface area (Å²) in [5, 5.41) is 2.43. The molecule has 3 heteroatoms. The van der Waals surface area contributed by atoms with E-state index in [-0.39, 0.29) is 0 Å². The summed E-state index contributed by atoms with van der Waals surface area (Å²) in [6, 6.07) is 16.4. The van der Waals surface area contributed by atoms with Gasteiger partial charge in [-0.15, -0.1) is 0 Å². The molecule has 3 aromatic rings. The van der Waals surface area contributed by atoms with Crippen molar-refractivity contribution in [2.45, 2.75) is 13.0 Å². The fourth-order valence-electron chi connectivity index (χ4n) is 2.50. The maximum Gasteiger partial charge on any atom is 0.123 e. The molecule has 0 saturated heterocycles. The third-order valence-corrected chi connectivity index (χ3v) is 3.51. The molecular weight excluding hydrogens is 260 g/mol. The van der Waals surface area contributed by atoms with Crippen molar-refractivity contribution >= 4 is 10.8 Å². The second-order valence-corrected chi connectivity index (χ2v) is 4.95. The Hall–Kier alpha value is -2.39. The van der Waals surface area contributed by atoms with Gasteiger partial charge in [0.1, 0.15) is 12.4 Å². The molecule has 0 aliphatic heterocycles. The molecule has 0 radical (unpaired) electrons. The van der Waals surface area contributed by atoms with E-state index < -0.39 is 0 Å². The highest BCUT2D eigenvalue weighted by Crippen LogP contribution is 2.29. The maximum atomic E-state index is 5.99. The molecule has 0 bridgehead atoms. The van der Waals surface area contributed by atoms with Crippen LogP contribution in [0.3, 0.4) is 0 Å². The number of hydrogen-bond donors (Lipinski definition) is 1. The van der Waals surface area contributed by atoms with Gasteiger partial charge < -0.3 is 10.5 Å². The van der Waals surface area contributed by atoms with Gasteiger partial charge in [-0.3, -0.25) is 4.98 Å². The topological polar surface area (TPSA) is 48.1 Å². The smallest absolute Gasteiger partial charge is 0.123 e. The van der Waals surface area contributed by atoms with E-state index in [1.807, 2.05) is 36.5 Å². The van der Waals surface area contributed by atoms with Crippen LogP contribution in [-0.2, 0) is 13.0 Å². The highest BCUT2D eigenvalue weighted by Gasteiger charge is 2.08. The van der Waals surface area contributed by atoms with Crippen LogP contribution in [0.2, 0.25) is 0 Å². The molecule has 0 spiro atoms. The number of nitrogens with zero attached hydrogens (tertiary/aromatic N) is 1. The number of aromatic nitrogens is 1. The summed E-state index contributed by atoms with van der Waals surface area (Å²) in [5.74, 6) is 0.906. The normalized spacial score (nSPS) is 10.7. The molecule has 1 aromatic heterocycles. The lowest BCUT2D eigenvalue weighted by Gasteiger charge is -2.14. The van der Waals surface area contributed by atoms with E-state index in [0.29, 0.717) is 13.2 Å². The SMILES string of the molecule is NCCc1c(OCc2cccnc2)ccc2ccccc12. The first kappa shape index (κ1) is 13.6. The molecule has 0 saturated carbocycles. The van der Waals surface area contributed by atoms with Crippen molar-refractivity contribution in [3.8, 4) is 5.75 Å². The average molecular weight is 278 g/mol. The average Bonchev–Trinajstić information content (AvgIpc) is 2.55. The van der Waals surface area contributed by atoms with Gasteiger partial charge in [0, 0.05) is 23.5 Å². The Labute approximate surface area is 124 Å². The Morgan fingerprint density at radius 1 is 1.00 bits per heavy atom. The number of pyridine rings is 1. The zero-order valence-corrected chi connectivity index (χ0v) is 11.8. The Bertz CT molecular complexity index is 726. The summed E-state index contributed by atoms with van der Waals surface area (Å²) >= 11 is 0. The fourth-order valence-corrected chi connectivity index (χ4v) is 2.50. The second-order valence-electron chi connectivity index (χ2n) is 4.95. The van der Waals surface area contributed by atoms with Gasteiger partial charge in [-0.2, -0.15) is 0 Å². The van der Waals surface area contributed by atoms with E-state index in [0.717, 1.165) is 17.7 Å². The van der Waals surface area contributed by atoms with Crippen LogP contribution in [0.1, 0.15) is 11.1 Å². The second kappa shape index (κ2) is 6.37. The molecule has 0 fully saturated rings. The van der Waals surface area contributed by atoms with Crippen molar-refractivity contribution in [1.82, 2.24) is 4.98 Å². The molecule has 2 N–H and O–H groups in total. The number of ether oxygens (including phenoxy) is 1. The quantitative estimate of drug-likeness (QED) is 0.779. The van der Waals surface area contributed by atoms with Gasteiger partial charge >= 0.3 is 0 Å². The van der Waals surface area contributed by atoms with Gasteiger partial charge in [-0.25, -0.2) is 0 Å². The minimum absolute atomic E-state index is 0.518. The number of nitrogens with two attached hydrogens (primary N) is 1. The monoisotopic (exact) mass is 278 g/mol. The molecule has 0 amide bonds. The molecule has 3 nitrogen and oxygen atoms in total. The molecular formula is C18H18N2O. The first-order valence-corrected chi connectivity index (χ1v) is 7.11.